The topological polar surface area (TPSA) is 71.7 Å². The maximum atomic E-state index is 5.41. The number of rotatable bonds is 4. The Morgan fingerprint density at radius 2 is 2.35 bits per heavy atom. The van der Waals surface area contributed by atoms with Gasteiger partial charge in [0.05, 0.1) is 12.6 Å². The molecule has 1 rings (SSSR count). The summed E-state index contributed by atoms with van der Waals surface area (Å²) in [6.45, 7) is 2.49. The number of benzene rings is 1. The first kappa shape index (κ1) is 14.0. The van der Waals surface area contributed by atoms with E-state index in [0.717, 1.165) is 10.2 Å². The van der Waals surface area contributed by atoms with Crippen molar-refractivity contribution in [3.8, 4) is 0 Å². The fourth-order valence-electron chi connectivity index (χ4n) is 1.31. The van der Waals surface area contributed by atoms with Gasteiger partial charge in [-0.25, -0.2) is 10.8 Å². The van der Waals surface area contributed by atoms with Crippen LogP contribution in [0.15, 0.2) is 33.7 Å². The number of guanidine groups is 1. The molecule has 0 saturated heterocycles. The number of nitrogens with one attached hydrogen (secondary N) is 2. The van der Waals surface area contributed by atoms with Crippen LogP contribution in [0.2, 0.25) is 0 Å². The van der Waals surface area contributed by atoms with Gasteiger partial charge in [0, 0.05) is 17.3 Å². The Balaban J connectivity index is 2.69. The minimum absolute atomic E-state index is 0.0331. The first-order valence-corrected chi connectivity index (χ1v) is 6.01. The summed E-state index contributed by atoms with van der Waals surface area (Å²) >= 11 is 3.40. The van der Waals surface area contributed by atoms with Gasteiger partial charge in [-0.15, -0.1) is 0 Å². The van der Waals surface area contributed by atoms with Crippen LogP contribution >= 0.6 is 15.9 Å². The molecule has 0 saturated carbocycles. The van der Waals surface area contributed by atoms with Crippen molar-refractivity contribution in [1.29, 1.82) is 0 Å². The van der Waals surface area contributed by atoms with Gasteiger partial charge in [0.15, 0.2) is 0 Å². The lowest BCUT2D eigenvalue weighted by atomic mass is 10.3. The number of anilines is 1. The van der Waals surface area contributed by atoms with Gasteiger partial charge in [-0.2, -0.15) is 0 Å². The van der Waals surface area contributed by atoms with Gasteiger partial charge in [0.25, 0.3) is 0 Å². The van der Waals surface area contributed by atoms with Gasteiger partial charge in [-0.1, -0.05) is 22.0 Å². The average molecular weight is 301 g/mol. The first-order valence-electron chi connectivity index (χ1n) is 5.21. The van der Waals surface area contributed by atoms with Crippen LogP contribution in [0.25, 0.3) is 0 Å². The smallest absolute Gasteiger partial charge is 0.210 e. The number of halogens is 1. The lowest BCUT2D eigenvalue weighted by molar-refractivity contribution is 0.185. The summed E-state index contributed by atoms with van der Waals surface area (Å²) in [5, 5.41) is 3.09. The summed E-state index contributed by atoms with van der Waals surface area (Å²) in [7, 11) is 1.64. The minimum Gasteiger partial charge on any atom is -0.382 e. The SMILES string of the molecule is COCC(C)N=C(NN)Nc1cccc(Br)c1. The van der Waals surface area contributed by atoms with Gasteiger partial charge >= 0.3 is 0 Å². The van der Waals surface area contributed by atoms with Crippen LogP contribution in [-0.2, 0) is 4.74 Å². The number of hydrazine groups is 1. The van der Waals surface area contributed by atoms with Crippen LogP contribution in [0.1, 0.15) is 6.92 Å². The van der Waals surface area contributed by atoms with Crippen molar-refractivity contribution in [2.75, 3.05) is 19.0 Å². The molecule has 6 heteroatoms. The van der Waals surface area contributed by atoms with Crippen molar-refractivity contribution in [1.82, 2.24) is 5.43 Å². The predicted octanol–water partition coefficient (Wildman–Crippen LogP) is 1.72. The summed E-state index contributed by atoms with van der Waals surface area (Å²) in [6, 6.07) is 7.78. The van der Waals surface area contributed by atoms with E-state index in [1.54, 1.807) is 7.11 Å². The molecule has 1 atom stereocenters. The highest BCUT2D eigenvalue weighted by Gasteiger charge is 2.02. The van der Waals surface area contributed by atoms with Gasteiger partial charge in [-0.3, -0.25) is 5.43 Å². The molecule has 1 aromatic carbocycles. The second-order valence-electron chi connectivity index (χ2n) is 3.56. The maximum Gasteiger partial charge on any atom is 0.210 e. The fourth-order valence-corrected chi connectivity index (χ4v) is 1.71. The van der Waals surface area contributed by atoms with E-state index < -0.39 is 0 Å². The van der Waals surface area contributed by atoms with Gasteiger partial charge in [0.1, 0.15) is 0 Å². The van der Waals surface area contributed by atoms with E-state index >= 15 is 0 Å². The van der Waals surface area contributed by atoms with Crippen molar-refractivity contribution in [2.45, 2.75) is 13.0 Å². The van der Waals surface area contributed by atoms with Crippen molar-refractivity contribution in [3.05, 3.63) is 28.7 Å². The van der Waals surface area contributed by atoms with E-state index in [0.29, 0.717) is 12.6 Å². The number of nitrogens with zero attached hydrogens (tertiary/aromatic N) is 1. The molecule has 0 aliphatic rings. The molecule has 0 aliphatic heterocycles. The zero-order chi connectivity index (χ0) is 12.7. The van der Waals surface area contributed by atoms with E-state index in [-0.39, 0.29) is 6.04 Å². The first-order chi connectivity index (χ1) is 8.15. The second kappa shape index (κ2) is 7.26. The van der Waals surface area contributed by atoms with Crippen molar-refractivity contribution in [3.63, 3.8) is 0 Å². The Hall–Kier alpha value is -1.11. The molecule has 0 spiro atoms. The van der Waals surface area contributed by atoms with E-state index in [1.165, 1.54) is 0 Å². The molecule has 4 N–H and O–H groups in total. The van der Waals surface area contributed by atoms with Gasteiger partial charge in [-0.05, 0) is 25.1 Å². The molecule has 0 aromatic heterocycles. The second-order valence-corrected chi connectivity index (χ2v) is 4.48. The predicted molar refractivity (Wildman–Crippen MR) is 73.9 cm³/mol. The molecule has 0 heterocycles. The lowest BCUT2D eigenvalue weighted by Gasteiger charge is -2.12. The molecule has 1 aromatic rings. The highest BCUT2D eigenvalue weighted by atomic mass is 79.9. The van der Waals surface area contributed by atoms with Crippen molar-refractivity contribution in [2.24, 2.45) is 10.8 Å². The van der Waals surface area contributed by atoms with Crippen LogP contribution in [-0.4, -0.2) is 25.7 Å². The van der Waals surface area contributed by atoms with Crippen LogP contribution in [0.4, 0.5) is 5.69 Å². The average Bonchev–Trinajstić information content (AvgIpc) is 2.28. The zero-order valence-electron chi connectivity index (χ0n) is 9.90. The minimum atomic E-state index is 0.0331. The Labute approximate surface area is 110 Å². The molecule has 0 bridgehead atoms. The standard InChI is InChI=1S/C11H17BrN4O/c1-8(7-17-2)14-11(16-13)15-10-5-3-4-9(12)6-10/h3-6,8H,7,13H2,1-2H3,(H2,14,15,16). The number of aliphatic imine (C=N–C) groups is 1. The van der Waals surface area contributed by atoms with E-state index in [2.05, 4.69) is 31.7 Å². The Kier molecular flexibility index (Phi) is 5.96. The number of hydrogen-bond donors (Lipinski definition) is 3. The Morgan fingerprint density at radius 1 is 1.59 bits per heavy atom. The van der Waals surface area contributed by atoms with Gasteiger partial charge < -0.3 is 10.1 Å². The monoisotopic (exact) mass is 300 g/mol. The fraction of sp³-hybridized carbons (Fsp3) is 0.364. The third kappa shape index (κ3) is 5.16. The van der Waals surface area contributed by atoms with Crippen molar-refractivity contribution < 1.29 is 4.74 Å². The number of hydrogen-bond acceptors (Lipinski definition) is 3. The molecule has 0 amide bonds. The number of ether oxygens (including phenoxy) is 1. The maximum absolute atomic E-state index is 5.41. The summed E-state index contributed by atoms with van der Waals surface area (Å²) in [4.78, 5) is 4.34. The summed E-state index contributed by atoms with van der Waals surface area (Å²) in [6.07, 6.45) is 0. The third-order valence-corrected chi connectivity index (χ3v) is 2.47. The van der Waals surface area contributed by atoms with Crippen LogP contribution in [0.3, 0.4) is 0 Å². The van der Waals surface area contributed by atoms with Crippen LogP contribution in [0.5, 0.6) is 0 Å². The molecule has 17 heavy (non-hydrogen) atoms. The lowest BCUT2D eigenvalue weighted by Crippen LogP contribution is -2.37. The molecule has 5 nitrogen and oxygen atoms in total. The quantitative estimate of drug-likeness (QED) is 0.343. The van der Waals surface area contributed by atoms with E-state index in [1.807, 2.05) is 31.2 Å². The summed E-state index contributed by atoms with van der Waals surface area (Å²) < 4.78 is 6.00. The molecule has 1 unspecified atom stereocenters. The Morgan fingerprint density at radius 3 is 2.94 bits per heavy atom. The number of methoxy groups -OCH3 is 1. The molecule has 0 radical (unpaired) electrons. The number of nitrogens with two attached hydrogens (primary N) is 1. The van der Waals surface area contributed by atoms with Crippen LogP contribution < -0.4 is 16.6 Å². The molecular weight excluding hydrogens is 284 g/mol. The third-order valence-electron chi connectivity index (χ3n) is 1.98. The molecular formula is C11H17BrN4O. The zero-order valence-corrected chi connectivity index (χ0v) is 11.5. The summed E-state index contributed by atoms with van der Waals surface area (Å²) in [5.41, 5.74) is 3.43. The molecule has 0 aliphatic carbocycles. The van der Waals surface area contributed by atoms with Crippen LogP contribution in [0, 0.1) is 0 Å². The highest BCUT2D eigenvalue weighted by Crippen LogP contribution is 2.15. The van der Waals surface area contributed by atoms with E-state index in [4.69, 9.17) is 10.6 Å². The normalized spacial score (nSPS) is 13.3. The largest absolute Gasteiger partial charge is 0.382 e. The molecule has 94 valence electrons. The highest BCUT2D eigenvalue weighted by molar-refractivity contribution is 9.10. The summed E-state index contributed by atoms with van der Waals surface area (Å²) in [5.74, 6) is 5.91. The van der Waals surface area contributed by atoms with Crippen molar-refractivity contribution >= 4 is 27.6 Å². The van der Waals surface area contributed by atoms with Gasteiger partial charge in [0.2, 0.25) is 5.96 Å². The van der Waals surface area contributed by atoms with E-state index in [9.17, 15) is 0 Å². The Bertz CT molecular complexity index is 383. The molecule has 0 fully saturated rings.